The molecule has 0 fully saturated rings. The summed E-state index contributed by atoms with van der Waals surface area (Å²) in [5, 5.41) is 0. The van der Waals surface area contributed by atoms with Crippen molar-refractivity contribution in [2.45, 2.75) is 25.9 Å². The van der Waals surface area contributed by atoms with Crippen LogP contribution in [0.3, 0.4) is 0 Å². The number of hydrogen-bond donors (Lipinski definition) is 0. The summed E-state index contributed by atoms with van der Waals surface area (Å²) in [6.07, 6.45) is 3.71. The molecular weight excluding hydrogens is 332 g/mol. The maximum atomic E-state index is 12.9. The Kier molecular flexibility index (Phi) is 7.41. The molecule has 1 heterocycles. The SMILES string of the molecule is COC[C@H](C)N(Cc1ccc(OC)c(OC)c1)C(=O)Cc1cccnc1. The first-order chi connectivity index (χ1) is 12.6. The second kappa shape index (κ2) is 9.77. The van der Waals surface area contributed by atoms with Crippen LogP contribution in [0.25, 0.3) is 0 Å². The number of hydrogen-bond acceptors (Lipinski definition) is 5. The van der Waals surface area contributed by atoms with Crippen LogP contribution >= 0.6 is 0 Å². The van der Waals surface area contributed by atoms with Gasteiger partial charge in [-0.15, -0.1) is 0 Å². The third-order valence-corrected chi connectivity index (χ3v) is 4.14. The molecule has 0 radical (unpaired) electrons. The highest BCUT2D eigenvalue weighted by molar-refractivity contribution is 5.79. The van der Waals surface area contributed by atoms with Crippen LogP contribution < -0.4 is 9.47 Å². The molecule has 0 saturated carbocycles. The molecule has 1 aromatic heterocycles. The van der Waals surface area contributed by atoms with Crippen molar-refractivity contribution in [1.82, 2.24) is 9.88 Å². The summed E-state index contributed by atoms with van der Waals surface area (Å²) >= 11 is 0. The molecule has 6 heteroatoms. The number of benzene rings is 1. The second-order valence-corrected chi connectivity index (χ2v) is 6.05. The van der Waals surface area contributed by atoms with E-state index in [1.165, 1.54) is 0 Å². The van der Waals surface area contributed by atoms with Gasteiger partial charge >= 0.3 is 0 Å². The maximum absolute atomic E-state index is 12.9. The summed E-state index contributed by atoms with van der Waals surface area (Å²) in [5.74, 6) is 1.33. The van der Waals surface area contributed by atoms with Gasteiger partial charge in [-0.1, -0.05) is 12.1 Å². The zero-order chi connectivity index (χ0) is 18.9. The fraction of sp³-hybridized carbons (Fsp3) is 0.400. The quantitative estimate of drug-likeness (QED) is 0.690. The number of carbonyl (C=O) groups excluding carboxylic acids is 1. The Morgan fingerprint density at radius 3 is 2.50 bits per heavy atom. The van der Waals surface area contributed by atoms with Crippen LogP contribution in [0.4, 0.5) is 0 Å². The molecule has 0 aliphatic heterocycles. The van der Waals surface area contributed by atoms with Gasteiger partial charge in [0.15, 0.2) is 11.5 Å². The molecular formula is C20H26N2O4. The van der Waals surface area contributed by atoms with E-state index in [4.69, 9.17) is 14.2 Å². The van der Waals surface area contributed by atoms with Crippen molar-refractivity contribution < 1.29 is 19.0 Å². The lowest BCUT2D eigenvalue weighted by Crippen LogP contribution is -2.41. The number of rotatable bonds is 9. The minimum atomic E-state index is -0.0581. The van der Waals surface area contributed by atoms with Crippen LogP contribution in [0.1, 0.15) is 18.1 Å². The predicted octanol–water partition coefficient (Wildman–Crippen LogP) is 2.71. The lowest BCUT2D eigenvalue weighted by atomic mass is 10.1. The summed E-state index contributed by atoms with van der Waals surface area (Å²) in [5.41, 5.74) is 1.85. The van der Waals surface area contributed by atoms with Gasteiger partial charge in [0.2, 0.25) is 5.91 Å². The lowest BCUT2D eigenvalue weighted by Gasteiger charge is -2.29. The molecule has 0 bridgehead atoms. The van der Waals surface area contributed by atoms with E-state index in [1.54, 1.807) is 33.7 Å². The zero-order valence-electron chi connectivity index (χ0n) is 15.8. The zero-order valence-corrected chi connectivity index (χ0v) is 15.8. The summed E-state index contributed by atoms with van der Waals surface area (Å²) in [6.45, 7) is 2.90. The van der Waals surface area contributed by atoms with Crippen molar-refractivity contribution in [3.8, 4) is 11.5 Å². The Bertz CT molecular complexity index is 706. The van der Waals surface area contributed by atoms with Gasteiger partial charge in [0.25, 0.3) is 0 Å². The predicted molar refractivity (Wildman–Crippen MR) is 99.4 cm³/mol. The van der Waals surface area contributed by atoms with Crippen molar-refractivity contribution in [2.24, 2.45) is 0 Å². The number of aromatic nitrogens is 1. The molecule has 2 rings (SSSR count). The van der Waals surface area contributed by atoms with E-state index < -0.39 is 0 Å². The van der Waals surface area contributed by atoms with Crippen LogP contribution in [0, 0.1) is 0 Å². The Balaban J connectivity index is 2.20. The maximum Gasteiger partial charge on any atom is 0.227 e. The molecule has 1 atom stereocenters. The van der Waals surface area contributed by atoms with Crippen molar-refractivity contribution in [3.63, 3.8) is 0 Å². The van der Waals surface area contributed by atoms with Gasteiger partial charge in [0, 0.05) is 26.0 Å². The van der Waals surface area contributed by atoms with Gasteiger partial charge in [0.05, 0.1) is 33.3 Å². The molecule has 0 aliphatic carbocycles. The normalized spacial score (nSPS) is 11.7. The number of carbonyl (C=O) groups is 1. The average molecular weight is 358 g/mol. The summed E-state index contributed by atoms with van der Waals surface area (Å²) in [4.78, 5) is 18.8. The first-order valence-electron chi connectivity index (χ1n) is 8.47. The average Bonchev–Trinajstić information content (AvgIpc) is 2.66. The van der Waals surface area contributed by atoms with Crippen molar-refractivity contribution in [2.75, 3.05) is 27.9 Å². The van der Waals surface area contributed by atoms with E-state index in [9.17, 15) is 4.79 Å². The molecule has 140 valence electrons. The van der Waals surface area contributed by atoms with Gasteiger partial charge in [-0.2, -0.15) is 0 Å². The molecule has 0 aliphatic rings. The van der Waals surface area contributed by atoms with Gasteiger partial charge < -0.3 is 19.1 Å². The van der Waals surface area contributed by atoms with Gasteiger partial charge in [-0.05, 0) is 36.2 Å². The van der Waals surface area contributed by atoms with Gasteiger partial charge in [-0.3, -0.25) is 9.78 Å². The summed E-state index contributed by atoms with van der Waals surface area (Å²) < 4.78 is 15.9. The standard InChI is InChI=1S/C20H26N2O4/c1-15(14-24-2)22(20(23)11-16-6-5-9-21-12-16)13-17-7-8-18(25-3)19(10-17)26-4/h5-10,12,15H,11,13-14H2,1-4H3/t15-/m0/s1. The minimum Gasteiger partial charge on any atom is -0.493 e. The Hall–Kier alpha value is -2.60. The highest BCUT2D eigenvalue weighted by atomic mass is 16.5. The number of pyridine rings is 1. The van der Waals surface area contributed by atoms with Crippen molar-refractivity contribution in [3.05, 3.63) is 53.9 Å². The number of nitrogens with zero attached hydrogens (tertiary/aromatic N) is 2. The minimum absolute atomic E-state index is 0.0253. The molecule has 26 heavy (non-hydrogen) atoms. The topological polar surface area (TPSA) is 60.9 Å². The van der Waals surface area contributed by atoms with E-state index in [0.29, 0.717) is 31.1 Å². The van der Waals surface area contributed by atoms with E-state index in [2.05, 4.69) is 4.98 Å². The second-order valence-electron chi connectivity index (χ2n) is 6.05. The summed E-state index contributed by atoms with van der Waals surface area (Å²) in [7, 11) is 4.83. The molecule has 1 aromatic carbocycles. The summed E-state index contributed by atoms with van der Waals surface area (Å²) in [6, 6.07) is 9.35. The molecule has 2 aromatic rings. The van der Waals surface area contributed by atoms with Crippen LogP contribution in [0.5, 0.6) is 11.5 Å². The Morgan fingerprint density at radius 2 is 1.88 bits per heavy atom. The highest BCUT2D eigenvalue weighted by Gasteiger charge is 2.21. The van der Waals surface area contributed by atoms with E-state index in [0.717, 1.165) is 11.1 Å². The molecule has 0 spiro atoms. The van der Waals surface area contributed by atoms with Gasteiger partial charge in [0.1, 0.15) is 0 Å². The fourth-order valence-electron chi connectivity index (χ4n) is 2.78. The monoisotopic (exact) mass is 358 g/mol. The third kappa shape index (κ3) is 5.20. The largest absolute Gasteiger partial charge is 0.493 e. The van der Waals surface area contributed by atoms with Crippen molar-refractivity contribution in [1.29, 1.82) is 0 Å². The van der Waals surface area contributed by atoms with Crippen LogP contribution in [0.2, 0.25) is 0 Å². The van der Waals surface area contributed by atoms with E-state index >= 15 is 0 Å². The smallest absolute Gasteiger partial charge is 0.227 e. The van der Waals surface area contributed by atoms with Crippen LogP contribution in [-0.4, -0.2) is 49.8 Å². The number of amides is 1. The number of methoxy groups -OCH3 is 3. The van der Waals surface area contributed by atoms with Crippen LogP contribution in [0.15, 0.2) is 42.7 Å². The molecule has 0 N–H and O–H groups in total. The molecule has 1 amide bonds. The third-order valence-electron chi connectivity index (χ3n) is 4.14. The lowest BCUT2D eigenvalue weighted by molar-refractivity contribution is -0.134. The van der Waals surface area contributed by atoms with Crippen LogP contribution in [-0.2, 0) is 22.5 Å². The Labute approximate surface area is 154 Å². The first-order valence-corrected chi connectivity index (χ1v) is 8.47. The van der Waals surface area contributed by atoms with Crippen molar-refractivity contribution >= 4 is 5.91 Å². The van der Waals surface area contributed by atoms with Gasteiger partial charge in [-0.25, -0.2) is 0 Å². The molecule has 0 unspecified atom stereocenters. The first kappa shape index (κ1) is 19.7. The number of ether oxygens (including phenoxy) is 3. The van der Waals surface area contributed by atoms with E-state index in [1.807, 2.05) is 42.2 Å². The van der Waals surface area contributed by atoms with E-state index in [-0.39, 0.29) is 11.9 Å². The fourth-order valence-corrected chi connectivity index (χ4v) is 2.78. The molecule has 0 saturated heterocycles. The molecule has 6 nitrogen and oxygen atoms in total. The highest BCUT2D eigenvalue weighted by Crippen LogP contribution is 2.28. The Morgan fingerprint density at radius 1 is 1.12 bits per heavy atom.